The minimum atomic E-state index is -0.848. The van der Waals surface area contributed by atoms with Crippen LogP contribution >= 0.6 is 0 Å². The lowest BCUT2D eigenvalue weighted by atomic mass is 10.0. The highest BCUT2D eigenvalue weighted by Gasteiger charge is 2.22. The molecule has 8 nitrogen and oxygen atoms in total. The molecule has 1 aliphatic rings. The molecular weight excluding hydrogens is 394 g/mol. The first-order valence-electron chi connectivity index (χ1n) is 10.1. The smallest absolute Gasteiger partial charge is 0.246 e. The third-order valence-electron chi connectivity index (χ3n) is 5.31. The second-order valence-electron chi connectivity index (χ2n) is 7.41. The molecule has 0 fully saturated rings. The van der Waals surface area contributed by atoms with Crippen LogP contribution in [0.2, 0.25) is 0 Å². The molecule has 0 spiro atoms. The van der Waals surface area contributed by atoms with Crippen molar-refractivity contribution in [3.63, 3.8) is 0 Å². The fourth-order valence-corrected chi connectivity index (χ4v) is 3.70. The summed E-state index contributed by atoms with van der Waals surface area (Å²) in [5.41, 5.74) is 3.63. The predicted octanol–water partition coefficient (Wildman–Crippen LogP) is 2.33. The quantitative estimate of drug-likeness (QED) is 0.550. The number of hydrogen-bond donors (Lipinski definition) is 1. The summed E-state index contributed by atoms with van der Waals surface area (Å²) in [6, 6.07) is 18.5. The molecule has 0 radical (unpaired) electrons. The van der Waals surface area contributed by atoms with Crippen LogP contribution in [-0.2, 0) is 17.9 Å². The fourth-order valence-electron chi connectivity index (χ4n) is 3.70. The lowest BCUT2D eigenvalue weighted by Crippen LogP contribution is -2.35. The monoisotopic (exact) mass is 415 g/mol. The Morgan fingerprint density at radius 1 is 1.06 bits per heavy atom. The van der Waals surface area contributed by atoms with Crippen LogP contribution in [0.3, 0.4) is 0 Å². The van der Waals surface area contributed by atoms with Crippen molar-refractivity contribution in [3.8, 4) is 5.75 Å². The molecule has 0 saturated heterocycles. The number of aromatic nitrogens is 4. The molecule has 156 valence electrons. The Hall–Kier alpha value is -3.78. The predicted molar refractivity (Wildman–Crippen MR) is 113 cm³/mol. The first-order valence-corrected chi connectivity index (χ1v) is 10.1. The largest absolute Gasteiger partial charge is 0.491 e. The van der Waals surface area contributed by atoms with Crippen LogP contribution in [0.15, 0.2) is 66.9 Å². The van der Waals surface area contributed by atoms with Crippen LogP contribution < -0.4 is 4.74 Å². The van der Waals surface area contributed by atoms with Crippen molar-refractivity contribution < 1.29 is 14.6 Å². The highest BCUT2D eigenvalue weighted by atomic mass is 16.5. The number of pyridine rings is 1. The van der Waals surface area contributed by atoms with Crippen molar-refractivity contribution in [2.45, 2.75) is 19.2 Å². The van der Waals surface area contributed by atoms with E-state index < -0.39 is 6.10 Å². The molecule has 0 saturated carbocycles. The van der Waals surface area contributed by atoms with E-state index in [-0.39, 0.29) is 12.5 Å². The summed E-state index contributed by atoms with van der Waals surface area (Å²) in [5.74, 6) is 0.627. The van der Waals surface area contributed by atoms with E-state index in [1.807, 2.05) is 54.6 Å². The second kappa shape index (κ2) is 8.16. The Kier molecular flexibility index (Phi) is 5.05. The van der Waals surface area contributed by atoms with Crippen LogP contribution in [0.1, 0.15) is 22.9 Å². The average Bonchev–Trinajstić information content (AvgIpc) is 3.08. The molecule has 3 heterocycles. The van der Waals surface area contributed by atoms with Gasteiger partial charge >= 0.3 is 0 Å². The average molecular weight is 415 g/mol. The van der Waals surface area contributed by atoms with E-state index in [0.717, 1.165) is 22.3 Å². The van der Waals surface area contributed by atoms with Crippen LogP contribution in [0.5, 0.6) is 5.75 Å². The van der Waals surface area contributed by atoms with Crippen LogP contribution in [0.4, 0.5) is 0 Å². The van der Waals surface area contributed by atoms with Gasteiger partial charge in [-0.25, -0.2) is 0 Å². The Balaban J connectivity index is 1.35. The number of rotatable bonds is 4. The van der Waals surface area contributed by atoms with Gasteiger partial charge in [-0.1, -0.05) is 24.3 Å². The number of carbonyl (C=O) groups is 1. The van der Waals surface area contributed by atoms with Crippen molar-refractivity contribution in [1.82, 2.24) is 24.9 Å². The van der Waals surface area contributed by atoms with Gasteiger partial charge in [0.25, 0.3) is 0 Å². The molecule has 1 amide bonds. The lowest BCUT2D eigenvalue weighted by Gasteiger charge is -2.20. The molecule has 5 rings (SSSR count). The van der Waals surface area contributed by atoms with Crippen molar-refractivity contribution in [2.24, 2.45) is 0 Å². The van der Waals surface area contributed by atoms with E-state index in [2.05, 4.69) is 15.2 Å². The number of hydrogen-bond acceptors (Lipinski definition) is 6. The zero-order valence-corrected chi connectivity index (χ0v) is 16.8. The summed E-state index contributed by atoms with van der Waals surface area (Å²) in [6.07, 6.45) is 0.803. The maximum absolute atomic E-state index is 13.0. The molecule has 2 aromatic carbocycles. The molecule has 4 aromatic rings. The maximum atomic E-state index is 13.0. The SMILES string of the molecule is O=C(Cn1nc2ccccc2n1)N1CCOc2ccc(C(O)c3ccccn3)cc2C1. The van der Waals surface area contributed by atoms with Gasteiger partial charge in [0.05, 0.1) is 12.2 Å². The van der Waals surface area contributed by atoms with Gasteiger partial charge in [0, 0.05) is 18.3 Å². The van der Waals surface area contributed by atoms with Crippen LogP contribution in [0, 0.1) is 0 Å². The van der Waals surface area contributed by atoms with Gasteiger partial charge in [-0.2, -0.15) is 15.0 Å². The zero-order chi connectivity index (χ0) is 21.2. The number of aliphatic hydroxyl groups is 1. The molecule has 1 N–H and O–H groups in total. The Bertz CT molecular complexity index is 1190. The molecule has 2 aromatic heterocycles. The zero-order valence-electron chi connectivity index (χ0n) is 16.8. The summed E-state index contributed by atoms with van der Waals surface area (Å²) < 4.78 is 5.84. The molecule has 1 unspecified atom stereocenters. The molecular formula is C23H21N5O3. The van der Waals surface area contributed by atoms with Crippen molar-refractivity contribution in [2.75, 3.05) is 13.2 Å². The second-order valence-corrected chi connectivity index (χ2v) is 7.41. The molecule has 8 heteroatoms. The molecule has 1 atom stereocenters. The van der Waals surface area contributed by atoms with Crippen LogP contribution in [-0.4, -0.2) is 49.0 Å². The Labute approximate surface area is 178 Å². The third kappa shape index (κ3) is 3.97. The van der Waals surface area contributed by atoms with Crippen molar-refractivity contribution in [1.29, 1.82) is 0 Å². The lowest BCUT2D eigenvalue weighted by molar-refractivity contribution is -0.133. The van der Waals surface area contributed by atoms with E-state index in [1.54, 1.807) is 17.2 Å². The number of aliphatic hydroxyl groups excluding tert-OH is 1. The maximum Gasteiger partial charge on any atom is 0.246 e. The van der Waals surface area contributed by atoms with Crippen molar-refractivity contribution >= 4 is 16.9 Å². The number of benzene rings is 2. The third-order valence-corrected chi connectivity index (χ3v) is 5.31. The molecule has 0 bridgehead atoms. The van der Waals surface area contributed by atoms with Gasteiger partial charge in [-0.15, -0.1) is 0 Å². The number of ether oxygens (including phenoxy) is 1. The van der Waals surface area contributed by atoms with Gasteiger partial charge in [0.1, 0.15) is 36.0 Å². The topological polar surface area (TPSA) is 93.4 Å². The van der Waals surface area contributed by atoms with E-state index in [9.17, 15) is 9.90 Å². The van der Waals surface area contributed by atoms with E-state index in [0.29, 0.717) is 31.0 Å². The highest BCUT2D eigenvalue weighted by Crippen LogP contribution is 2.29. The van der Waals surface area contributed by atoms with E-state index >= 15 is 0 Å². The number of nitrogens with zero attached hydrogens (tertiary/aromatic N) is 5. The van der Waals surface area contributed by atoms with E-state index in [1.165, 1.54) is 4.80 Å². The summed E-state index contributed by atoms with van der Waals surface area (Å²) >= 11 is 0. The number of fused-ring (bicyclic) bond motifs is 2. The Morgan fingerprint density at radius 3 is 2.58 bits per heavy atom. The van der Waals surface area contributed by atoms with Gasteiger partial charge in [-0.3, -0.25) is 9.78 Å². The number of carbonyl (C=O) groups excluding carboxylic acids is 1. The first kappa shape index (κ1) is 19.2. The van der Waals surface area contributed by atoms with Gasteiger partial charge in [0.2, 0.25) is 5.91 Å². The van der Waals surface area contributed by atoms with Gasteiger partial charge in [-0.05, 0) is 42.0 Å². The standard InChI is InChI=1S/C23H21N5O3/c29-22(15-28-25-18-5-1-2-6-19(18)26-28)27-11-12-31-21-9-8-16(13-17(21)14-27)23(30)20-7-3-4-10-24-20/h1-10,13,23,30H,11-12,14-15H2. The highest BCUT2D eigenvalue weighted by molar-refractivity contribution is 5.77. The summed E-state index contributed by atoms with van der Waals surface area (Å²) in [4.78, 5) is 20.4. The van der Waals surface area contributed by atoms with Crippen LogP contribution in [0.25, 0.3) is 11.0 Å². The van der Waals surface area contributed by atoms with Gasteiger partial charge in [0.15, 0.2) is 0 Å². The first-order chi connectivity index (χ1) is 15.2. The fraction of sp³-hybridized carbons (Fsp3) is 0.217. The molecule has 1 aliphatic heterocycles. The normalized spacial score (nSPS) is 14.5. The Morgan fingerprint density at radius 2 is 1.84 bits per heavy atom. The van der Waals surface area contributed by atoms with Gasteiger partial charge < -0.3 is 14.7 Å². The molecule has 31 heavy (non-hydrogen) atoms. The minimum Gasteiger partial charge on any atom is -0.491 e. The molecule has 0 aliphatic carbocycles. The minimum absolute atomic E-state index is 0.0558. The number of amides is 1. The van der Waals surface area contributed by atoms with Crippen molar-refractivity contribution in [3.05, 3.63) is 83.7 Å². The van der Waals surface area contributed by atoms with E-state index in [4.69, 9.17) is 4.74 Å². The summed E-state index contributed by atoms with van der Waals surface area (Å²) in [6.45, 7) is 1.31. The summed E-state index contributed by atoms with van der Waals surface area (Å²) in [5, 5.41) is 19.4. The summed E-state index contributed by atoms with van der Waals surface area (Å²) in [7, 11) is 0.